The number of amides is 2. The van der Waals surface area contributed by atoms with E-state index in [0.29, 0.717) is 13.1 Å². The van der Waals surface area contributed by atoms with E-state index < -0.39 is 0 Å². The van der Waals surface area contributed by atoms with Gasteiger partial charge < -0.3 is 16.0 Å². The molecule has 1 fully saturated rings. The van der Waals surface area contributed by atoms with Crippen molar-refractivity contribution in [3.63, 3.8) is 0 Å². The lowest BCUT2D eigenvalue weighted by Gasteiger charge is -2.18. The average Bonchev–Trinajstić information content (AvgIpc) is 2.61. The summed E-state index contributed by atoms with van der Waals surface area (Å²) >= 11 is 0. The highest BCUT2D eigenvalue weighted by Gasteiger charge is 2.20. The van der Waals surface area contributed by atoms with Crippen molar-refractivity contribution in [1.82, 2.24) is 9.80 Å². The summed E-state index contributed by atoms with van der Waals surface area (Å²) in [5.41, 5.74) is 7.29. The predicted molar refractivity (Wildman–Crippen MR) is 81.7 cm³/mol. The lowest BCUT2D eigenvalue weighted by atomic mass is 10.2. The van der Waals surface area contributed by atoms with Gasteiger partial charge in [0.15, 0.2) is 0 Å². The fraction of sp³-hybridized carbons (Fsp3) is 0.467. The van der Waals surface area contributed by atoms with Crippen LogP contribution in [0.3, 0.4) is 0 Å². The van der Waals surface area contributed by atoms with Crippen molar-refractivity contribution in [2.45, 2.75) is 13.0 Å². The van der Waals surface area contributed by atoms with Gasteiger partial charge in [-0.2, -0.15) is 0 Å². The van der Waals surface area contributed by atoms with Crippen LogP contribution in [-0.4, -0.2) is 54.8 Å². The molecule has 0 unspecified atom stereocenters. The van der Waals surface area contributed by atoms with Gasteiger partial charge in [0.05, 0.1) is 13.1 Å². The van der Waals surface area contributed by atoms with Gasteiger partial charge in [0, 0.05) is 32.4 Å². The molecule has 0 saturated carbocycles. The Hall–Kier alpha value is -1.92. The zero-order chi connectivity index (χ0) is 15.2. The van der Waals surface area contributed by atoms with Crippen molar-refractivity contribution in [2.75, 3.05) is 38.5 Å². The van der Waals surface area contributed by atoms with Gasteiger partial charge in [-0.15, -0.1) is 0 Å². The highest BCUT2D eigenvalue weighted by atomic mass is 16.2. The van der Waals surface area contributed by atoms with Gasteiger partial charge in [0.2, 0.25) is 11.8 Å². The first-order valence-electron chi connectivity index (χ1n) is 7.13. The fourth-order valence-corrected chi connectivity index (χ4v) is 2.36. The first-order valence-corrected chi connectivity index (χ1v) is 7.13. The minimum atomic E-state index is -0.110. The molecule has 6 nitrogen and oxygen atoms in total. The fourth-order valence-electron chi connectivity index (χ4n) is 2.36. The second-order valence-electron chi connectivity index (χ2n) is 5.33. The van der Waals surface area contributed by atoms with Crippen LogP contribution in [-0.2, 0) is 16.1 Å². The highest BCUT2D eigenvalue weighted by molar-refractivity contribution is 5.92. The predicted octanol–water partition coefficient (Wildman–Crippen LogP) is 0.248. The molecule has 1 aliphatic heterocycles. The molecule has 0 spiro atoms. The van der Waals surface area contributed by atoms with E-state index in [9.17, 15) is 9.59 Å². The Labute approximate surface area is 124 Å². The standard InChI is InChI=1S/C15H22N4O2/c1-18-6-3-7-19(11-15(18)21)10-14(20)17-13-5-2-4-12(8-13)9-16/h2,4-5,8H,3,6-7,9-11,16H2,1H3,(H,17,20). The summed E-state index contributed by atoms with van der Waals surface area (Å²) in [7, 11) is 1.80. The van der Waals surface area contributed by atoms with Gasteiger partial charge >= 0.3 is 0 Å². The summed E-state index contributed by atoms with van der Waals surface area (Å²) in [6.45, 7) is 2.47. The zero-order valence-electron chi connectivity index (χ0n) is 12.3. The van der Waals surface area contributed by atoms with Crippen molar-refractivity contribution < 1.29 is 9.59 Å². The molecule has 2 amide bonds. The monoisotopic (exact) mass is 290 g/mol. The van der Waals surface area contributed by atoms with Gasteiger partial charge in [-0.3, -0.25) is 14.5 Å². The number of likely N-dealkylation sites (N-methyl/N-ethyl adjacent to an activating group) is 1. The molecule has 6 heteroatoms. The lowest BCUT2D eigenvalue weighted by Crippen LogP contribution is -2.38. The number of nitrogens with zero attached hydrogens (tertiary/aromatic N) is 2. The van der Waals surface area contributed by atoms with E-state index >= 15 is 0 Å². The summed E-state index contributed by atoms with van der Waals surface area (Å²) in [5, 5.41) is 2.85. The van der Waals surface area contributed by atoms with Crippen LogP contribution in [0, 0.1) is 0 Å². The van der Waals surface area contributed by atoms with Crippen LogP contribution in [0.5, 0.6) is 0 Å². The summed E-state index contributed by atoms with van der Waals surface area (Å²) in [6.07, 6.45) is 0.887. The average molecular weight is 290 g/mol. The Balaban J connectivity index is 1.90. The van der Waals surface area contributed by atoms with Crippen molar-refractivity contribution in [3.8, 4) is 0 Å². The van der Waals surface area contributed by atoms with Crippen LogP contribution in [0.2, 0.25) is 0 Å². The van der Waals surface area contributed by atoms with Gasteiger partial charge in [-0.05, 0) is 24.1 Å². The van der Waals surface area contributed by atoms with E-state index in [2.05, 4.69) is 5.32 Å². The van der Waals surface area contributed by atoms with Crippen LogP contribution < -0.4 is 11.1 Å². The van der Waals surface area contributed by atoms with E-state index in [-0.39, 0.29) is 18.4 Å². The molecule has 1 saturated heterocycles. The van der Waals surface area contributed by atoms with Crippen LogP contribution in [0.1, 0.15) is 12.0 Å². The minimum absolute atomic E-state index is 0.0606. The maximum Gasteiger partial charge on any atom is 0.238 e. The third-order valence-corrected chi connectivity index (χ3v) is 3.57. The molecule has 2 rings (SSSR count). The summed E-state index contributed by atoms with van der Waals surface area (Å²) < 4.78 is 0. The van der Waals surface area contributed by atoms with E-state index in [1.54, 1.807) is 11.9 Å². The Bertz CT molecular complexity index is 518. The normalized spacial score (nSPS) is 16.7. The van der Waals surface area contributed by atoms with Gasteiger partial charge in [-0.1, -0.05) is 12.1 Å². The maximum absolute atomic E-state index is 12.1. The van der Waals surface area contributed by atoms with Gasteiger partial charge in [0.25, 0.3) is 0 Å². The number of carbonyl (C=O) groups excluding carboxylic acids is 2. The number of hydrogen-bond donors (Lipinski definition) is 2. The largest absolute Gasteiger partial charge is 0.345 e. The highest BCUT2D eigenvalue weighted by Crippen LogP contribution is 2.10. The SMILES string of the molecule is CN1CCCN(CC(=O)Nc2cccc(CN)c2)CC1=O. The third kappa shape index (κ3) is 4.54. The molecule has 1 aromatic carbocycles. The number of benzene rings is 1. The second-order valence-corrected chi connectivity index (χ2v) is 5.33. The Kier molecular flexibility index (Phi) is 5.30. The minimum Gasteiger partial charge on any atom is -0.345 e. The molecule has 114 valence electrons. The Morgan fingerprint density at radius 3 is 2.95 bits per heavy atom. The first-order chi connectivity index (χ1) is 10.1. The topological polar surface area (TPSA) is 78.7 Å². The Morgan fingerprint density at radius 1 is 1.38 bits per heavy atom. The van der Waals surface area contributed by atoms with Gasteiger partial charge in [-0.25, -0.2) is 0 Å². The lowest BCUT2D eigenvalue weighted by molar-refractivity contribution is -0.130. The van der Waals surface area contributed by atoms with E-state index in [4.69, 9.17) is 5.73 Å². The molecule has 0 aliphatic carbocycles. The maximum atomic E-state index is 12.1. The Morgan fingerprint density at radius 2 is 2.19 bits per heavy atom. The van der Waals surface area contributed by atoms with Crippen molar-refractivity contribution in [1.29, 1.82) is 0 Å². The molecule has 0 atom stereocenters. The molecule has 0 bridgehead atoms. The molecule has 0 aromatic heterocycles. The molecule has 1 aliphatic rings. The van der Waals surface area contributed by atoms with Crippen LogP contribution in [0.4, 0.5) is 5.69 Å². The van der Waals surface area contributed by atoms with E-state index in [0.717, 1.165) is 30.8 Å². The first kappa shape index (κ1) is 15.5. The van der Waals surface area contributed by atoms with Crippen LogP contribution >= 0.6 is 0 Å². The summed E-state index contributed by atoms with van der Waals surface area (Å²) in [6, 6.07) is 7.47. The van der Waals surface area contributed by atoms with E-state index in [1.165, 1.54) is 0 Å². The molecular weight excluding hydrogens is 268 g/mol. The van der Waals surface area contributed by atoms with Crippen molar-refractivity contribution in [2.24, 2.45) is 5.73 Å². The third-order valence-electron chi connectivity index (χ3n) is 3.57. The van der Waals surface area contributed by atoms with Crippen molar-refractivity contribution in [3.05, 3.63) is 29.8 Å². The molecule has 3 N–H and O–H groups in total. The summed E-state index contributed by atoms with van der Waals surface area (Å²) in [5.74, 6) is -0.0491. The van der Waals surface area contributed by atoms with Crippen LogP contribution in [0.25, 0.3) is 0 Å². The van der Waals surface area contributed by atoms with E-state index in [1.807, 2.05) is 29.2 Å². The van der Waals surface area contributed by atoms with Crippen LogP contribution in [0.15, 0.2) is 24.3 Å². The number of nitrogens with one attached hydrogen (secondary N) is 1. The quantitative estimate of drug-likeness (QED) is 0.833. The molecule has 21 heavy (non-hydrogen) atoms. The van der Waals surface area contributed by atoms with Crippen molar-refractivity contribution >= 4 is 17.5 Å². The number of hydrogen-bond acceptors (Lipinski definition) is 4. The number of anilines is 1. The number of nitrogens with two attached hydrogens (primary N) is 1. The summed E-state index contributed by atoms with van der Waals surface area (Å²) in [4.78, 5) is 27.5. The molecule has 1 aromatic rings. The zero-order valence-corrected chi connectivity index (χ0v) is 12.3. The molecular formula is C15H22N4O2. The second kappa shape index (κ2) is 7.19. The molecule has 0 radical (unpaired) electrons. The molecule has 1 heterocycles. The van der Waals surface area contributed by atoms with Gasteiger partial charge in [0.1, 0.15) is 0 Å². The smallest absolute Gasteiger partial charge is 0.238 e. The number of rotatable bonds is 4. The number of carbonyl (C=O) groups is 2.